The summed E-state index contributed by atoms with van der Waals surface area (Å²) in [5, 5.41) is 5.75. The number of benzene rings is 4. The first-order chi connectivity index (χ1) is 15.2. The van der Waals surface area contributed by atoms with Crippen LogP contribution in [0.15, 0.2) is 60.7 Å². The molecule has 0 spiro atoms. The standard InChI is InChI=1S/C31H28/c1-20-22(12-18-30-26(20)16-14-24-8-4-10-28(24)30)6-3-7-23-13-19-31-27(21(23)2)17-15-25-9-5-11-29(25)31/h4-5,8-9,12-19H,3,6-7,10-11H2,1-2H3. The smallest absolute Gasteiger partial charge is 0.00820 e. The number of fused-ring (bicyclic) bond motifs is 6. The van der Waals surface area contributed by atoms with Gasteiger partial charge in [-0.1, -0.05) is 72.8 Å². The third kappa shape index (κ3) is 2.97. The SMILES string of the molecule is Cc1c(CCCc2ccc3c4c(ccc3c2C)C=CC4)ccc2c3c(ccc12)C=CC3. The van der Waals surface area contributed by atoms with Gasteiger partial charge in [-0.15, -0.1) is 0 Å². The molecule has 0 saturated heterocycles. The molecule has 2 aliphatic rings. The van der Waals surface area contributed by atoms with Crippen LogP contribution in [0.2, 0.25) is 0 Å². The summed E-state index contributed by atoms with van der Waals surface area (Å²) in [7, 11) is 0. The molecule has 0 bridgehead atoms. The van der Waals surface area contributed by atoms with Crippen LogP contribution in [-0.2, 0) is 25.7 Å². The van der Waals surface area contributed by atoms with E-state index in [1.165, 1.54) is 72.5 Å². The Balaban J connectivity index is 1.24. The van der Waals surface area contributed by atoms with Gasteiger partial charge in [0.1, 0.15) is 0 Å². The highest BCUT2D eigenvalue weighted by molar-refractivity contribution is 5.94. The zero-order valence-electron chi connectivity index (χ0n) is 18.5. The Morgan fingerprint density at radius 2 is 1.00 bits per heavy atom. The van der Waals surface area contributed by atoms with Crippen LogP contribution in [0.1, 0.15) is 50.9 Å². The number of aryl methyl sites for hydroxylation is 4. The fraction of sp³-hybridized carbons (Fsp3) is 0.226. The maximum Gasteiger partial charge on any atom is -0.00820 e. The van der Waals surface area contributed by atoms with Gasteiger partial charge in [0.2, 0.25) is 0 Å². The summed E-state index contributed by atoms with van der Waals surface area (Å²) in [4.78, 5) is 0. The van der Waals surface area contributed by atoms with E-state index in [0.717, 1.165) is 25.7 Å². The Kier molecular flexibility index (Phi) is 4.35. The number of hydrogen-bond acceptors (Lipinski definition) is 0. The predicted molar refractivity (Wildman–Crippen MR) is 135 cm³/mol. The average molecular weight is 401 g/mol. The first-order valence-corrected chi connectivity index (χ1v) is 11.6. The van der Waals surface area contributed by atoms with E-state index in [4.69, 9.17) is 0 Å². The molecule has 4 aromatic carbocycles. The molecule has 0 N–H and O–H groups in total. The molecule has 0 aliphatic heterocycles. The molecular formula is C31H28. The second-order valence-electron chi connectivity index (χ2n) is 9.22. The van der Waals surface area contributed by atoms with Gasteiger partial charge in [0.25, 0.3) is 0 Å². The summed E-state index contributed by atoms with van der Waals surface area (Å²) in [6.45, 7) is 4.62. The van der Waals surface area contributed by atoms with Crippen LogP contribution in [0.3, 0.4) is 0 Å². The Bertz CT molecular complexity index is 1300. The van der Waals surface area contributed by atoms with E-state index in [2.05, 4.69) is 86.7 Å². The van der Waals surface area contributed by atoms with Crippen molar-refractivity contribution in [2.24, 2.45) is 0 Å². The summed E-state index contributed by atoms with van der Waals surface area (Å²) >= 11 is 0. The first-order valence-electron chi connectivity index (χ1n) is 11.6. The van der Waals surface area contributed by atoms with Crippen LogP contribution in [0.5, 0.6) is 0 Å². The van der Waals surface area contributed by atoms with Crippen LogP contribution in [-0.4, -0.2) is 0 Å². The largest absolute Gasteiger partial charge is 0.0795 e. The van der Waals surface area contributed by atoms with Crippen molar-refractivity contribution < 1.29 is 0 Å². The maximum absolute atomic E-state index is 2.37. The maximum atomic E-state index is 2.37. The van der Waals surface area contributed by atoms with Crippen LogP contribution in [0, 0.1) is 13.8 Å². The molecule has 2 aliphatic carbocycles. The highest BCUT2D eigenvalue weighted by Gasteiger charge is 2.14. The third-order valence-corrected chi connectivity index (χ3v) is 7.59. The van der Waals surface area contributed by atoms with E-state index in [1.54, 1.807) is 0 Å². The molecule has 0 aromatic heterocycles. The molecule has 152 valence electrons. The van der Waals surface area contributed by atoms with Crippen molar-refractivity contribution in [3.05, 3.63) is 105 Å². The monoisotopic (exact) mass is 400 g/mol. The molecule has 0 atom stereocenters. The lowest BCUT2D eigenvalue weighted by atomic mass is 9.90. The second kappa shape index (κ2) is 7.24. The van der Waals surface area contributed by atoms with Crippen molar-refractivity contribution in [3.63, 3.8) is 0 Å². The Labute approximate surface area is 184 Å². The van der Waals surface area contributed by atoms with Gasteiger partial charge < -0.3 is 0 Å². The Hall–Kier alpha value is -3.12. The predicted octanol–water partition coefficient (Wildman–Crippen LogP) is 7.92. The minimum Gasteiger partial charge on any atom is -0.0795 e. The molecule has 0 nitrogen and oxygen atoms in total. The highest BCUT2D eigenvalue weighted by atomic mass is 14.2. The van der Waals surface area contributed by atoms with E-state index in [-0.39, 0.29) is 0 Å². The van der Waals surface area contributed by atoms with Crippen LogP contribution >= 0.6 is 0 Å². The highest BCUT2D eigenvalue weighted by Crippen LogP contribution is 2.33. The number of hydrogen-bond donors (Lipinski definition) is 0. The van der Waals surface area contributed by atoms with E-state index >= 15 is 0 Å². The molecule has 6 rings (SSSR count). The minimum absolute atomic E-state index is 1.08. The van der Waals surface area contributed by atoms with Crippen LogP contribution < -0.4 is 0 Å². The zero-order chi connectivity index (χ0) is 20.9. The van der Waals surface area contributed by atoms with Crippen LogP contribution in [0.25, 0.3) is 33.7 Å². The normalized spacial score (nSPS) is 14.0. The quantitative estimate of drug-likeness (QED) is 0.326. The van der Waals surface area contributed by atoms with Crippen molar-refractivity contribution >= 4 is 33.7 Å². The van der Waals surface area contributed by atoms with Gasteiger partial charge in [-0.3, -0.25) is 0 Å². The van der Waals surface area contributed by atoms with Gasteiger partial charge in [-0.05, 0) is 112 Å². The van der Waals surface area contributed by atoms with Gasteiger partial charge >= 0.3 is 0 Å². The van der Waals surface area contributed by atoms with Crippen molar-refractivity contribution in [1.82, 2.24) is 0 Å². The molecule has 0 fully saturated rings. The molecule has 0 heterocycles. The molecular weight excluding hydrogens is 372 g/mol. The number of allylic oxidation sites excluding steroid dienone is 2. The van der Waals surface area contributed by atoms with Gasteiger partial charge in [0, 0.05) is 0 Å². The fourth-order valence-corrected chi connectivity index (χ4v) is 5.75. The van der Waals surface area contributed by atoms with Crippen LogP contribution in [0.4, 0.5) is 0 Å². The zero-order valence-corrected chi connectivity index (χ0v) is 18.5. The molecule has 31 heavy (non-hydrogen) atoms. The van der Waals surface area contributed by atoms with Gasteiger partial charge in [0.15, 0.2) is 0 Å². The summed E-state index contributed by atoms with van der Waals surface area (Å²) in [5.74, 6) is 0. The summed E-state index contributed by atoms with van der Waals surface area (Å²) in [6, 6.07) is 18.7. The lowest BCUT2D eigenvalue weighted by molar-refractivity contribution is 0.814. The van der Waals surface area contributed by atoms with E-state index in [9.17, 15) is 0 Å². The van der Waals surface area contributed by atoms with Gasteiger partial charge in [-0.25, -0.2) is 0 Å². The average Bonchev–Trinajstić information content (AvgIpc) is 3.46. The first kappa shape index (κ1) is 18.6. The van der Waals surface area contributed by atoms with Gasteiger partial charge in [-0.2, -0.15) is 0 Å². The lowest BCUT2D eigenvalue weighted by Crippen LogP contribution is -1.98. The Morgan fingerprint density at radius 1 is 0.548 bits per heavy atom. The van der Waals surface area contributed by atoms with E-state index < -0.39 is 0 Å². The lowest BCUT2D eigenvalue weighted by Gasteiger charge is -2.14. The van der Waals surface area contributed by atoms with E-state index in [1.807, 2.05) is 0 Å². The second-order valence-corrected chi connectivity index (χ2v) is 9.22. The number of rotatable bonds is 4. The van der Waals surface area contributed by atoms with E-state index in [0.29, 0.717) is 0 Å². The molecule has 0 heteroatoms. The molecule has 4 aromatic rings. The van der Waals surface area contributed by atoms with Crippen molar-refractivity contribution in [2.75, 3.05) is 0 Å². The summed E-state index contributed by atoms with van der Waals surface area (Å²) in [6.07, 6.45) is 14.7. The Morgan fingerprint density at radius 3 is 1.48 bits per heavy atom. The van der Waals surface area contributed by atoms with Crippen molar-refractivity contribution in [3.8, 4) is 0 Å². The minimum atomic E-state index is 1.08. The molecule has 0 saturated carbocycles. The topological polar surface area (TPSA) is 0 Å². The fourth-order valence-electron chi connectivity index (χ4n) is 5.75. The summed E-state index contributed by atoms with van der Waals surface area (Å²) in [5.41, 5.74) is 11.7. The third-order valence-electron chi connectivity index (χ3n) is 7.59. The molecule has 0 radical (unpaired) electrons. The molecule has 0 unspecified atom stereocenters. The van der Waals surface area contributed by atoms with Crippen molar-refractivity contribution in [1.29, 1.82) is 0 Å². The summed E-state index contributed by atoms with van der Waals surface area (Å²) < 4.78 is 0. The van der Waals surface area contributed by atoms with Crippen molar-refractivity contribution in [2.45, 2.75) is 46.0 Å². The van der Waals surface area contributed by atoms with Gasteiger partial charge in [0.05, 0.1) is 0 Å². The molecule has 0 amide bonds.